The van der Waals surface area contributed by atoms with Crippen molar-refractivity contribution in [2.24, 2.45) is 0 Å². The first-order chi connectivity index (χ1) is 9.04. The molecule has 2 aromatic rings. The smallest absolute Gasteiger partial charge is 0.123 e. The largest absolute Gasteiger partial charge is 0.508 e. The van der Waals surface area contributed by atoms with E-state index >= 15 is 0 Å². The average molecular weight is 259 g/mol. The Labute approximate surface area is 112 Å². The van der Waals surface area contributed by atoms with Crippen molar-refractivity contribution in [1.29, 1.82) is 0 Å². The lowest BCUT2D eigenvalue weighted by atomic mass is 10.1. The number of halogens is 1. The monoisotopic (exact) mass is 259 g/mol. The molecular formula is C16H18FNO. The molecule has 0 aliphatic heterocycles. The zero-order valence-electron chi connectivity index (χ0n) is 11.2. The van der Waals surface area contributed by atoms with Crippen LogP contribution < -0.4 is 5.32 Å². The zero-order valence-corrected chi connectivity index (χ0v) is 11.2. The summed E-state index contributed by atoms with van der Waals surface area (Å²) in [7, 11) is 0. The molecule has 3 heteroatoms. The first-order valence-corrected chi connectivity index (χ1v) is 6.35. The first kappa shape index (κ1) is 13.4. The topological polar surface area (TPSA) is 32.3 Å². The molecule has 2 N–H and O–H groups in total. The van der Waals surface area contributed by atoms with Crippen LogP contribution in [-0.4, -0.2) is 11.1 Å². The molecule has 100 valence electrons. The molecule has 0 amide bonds. The maximum absolute atomic E-state index is 13.0. The van der Waals surface area contributed by atoms with Crippen molar-refractivity contribution in [2.75, 3.05) is 5.32 Å². The van der Waals surface area contributed by atoms with Gasteiger partial charge in [-0.3, -0.25) is 0 Å². The number of benzene rings is 2. The third-order valence-corrected chi connectivity index (χ3v) is 3.07. The molecular weight excluding hydrogens is 241 g/mol. The Morgan fingerprint density at radius 3 is 2.47 bits per heavy atom. The summed E-state index contributed by atoms with van der Waals surface area (Å²) in [4.78, 5) is 0. The lowest BCUT2D eigenvalue weighted by molar-refractivity contribution is 0.475. The van der Waals surface area contributed by atoms with Gasteiger partial charge in [0.1, 0.15) is 11.6 Å². The van der Waals surface area contributed by atoms with Crippen molar-refractivity contribution >= 4 is 5.69 Å². The number of rotatable bonds is 4. The highest BCUT2D eigenvalue weighted by Crippen LogP contribution is 2.18. The molecule has 2 rings (SSSR count). The van der Waals surface area contributed by atoms with Crippen LogP contribution in [0.2, 0.25) is 0 Å². The summed E-state index contributed by atoms with van der Waals surface area (Å²) in [5.41, 5.74) is 3.00. The summed E-state index contributed by atoms with van der Waals surface area (Å²) < 4.78 is 13.0. The maximum Gasteiger partial charge on any atom is 0.123 e. The highest BCUT2D eigenvalue weighted by Gasteiger charge is 2.06. The molecule has 0 fully saturated rings. The van der Waals surface area contributed by atoms with Crippen LogP contribution in [0.3, 0.4) is 0 Å². The molecule has 1 atom stereocenters. The lowest BCUT2D eigenvalue weighted by Gasteiger charge is -2.17. The van der Waals surface area contributed by atoms with Crippen LogP contribution in [0.25, 0.3) is 0 Å². The number of phenols is 1. The molecule has 0 aliphatic carbocycles. The van der Waals surface area contributed by atoms with Crippen LogP contribution in [0.4, 0.5) is 10.1 Å². The van der Waals surface area contributed by atoms with Crippen LogP contribution in [0, 0.1) is 12.7 Å². The molecule has 0 saturated carbocycles. The Kier molecular flexibility index (Phi) is 4.05. The van der Waals surface area contributed by atoms with Gasteiger partial charge >= 0.3 is 0 Å². The van der Waals surface area contributed by atoms with Crippen LogP contribution in [0.5, 0.6) is 5.75 Å². The van der Waals surface area contributed by atoms with Gasteiger partial charge in [-0.2, -0.15) is 0 Å². The molecule has 0 spiro atoms. The van der Waals surface area contributed by atoms with Crippen molar-refractivity contribution < 1.29 is 9.50 Å². The van der Waals surface area contributed by atoms with Gasteiger partial charge in [0, 0.05) is 11.7 Å². The zero-order chi connectivity index (χ0) is 13.8. The second kappa shape index (κ2) is 5.74. The second-order valence-electron chi connectivity index (χ2n) is 4.88. The number of aromatic hydroxyl groups is 1. The summed E-state index contributed by atoms with van der Waals surface area (Å²) in [6.45, 7) is 3.97. The van der Waals surface area contributed by atoms with E-state index in [1.165, 1.54) is 12.1 Å². The normalized spacial score (nSPS) is 12.2. The van der Waals surface area contributed by atoms with Crippen molar-refractivity contribution in [3.63, 3.8) is 0 Å². The van der Waals surface area contributed by atoms with E-state index in [9.17, 15) is 9.50 Å². The van der Waals surface area contributed by atoms with Crippen molar-refractivity contribution in [1.82, 2.24) is 0 Å². The van der Waals surface area contributed by atoms with E-state index in [-0.39, 0.29) is 17.6 Å². The fourth-order valence-electron chi connectivity index (χ4n) is 2.09. The summed E-state index contributed by atoms with van der Waals surface area (Å²) in [6.07, 6.45) is 0.844. The van der Waals surface area contributed by atoms with Crippen molar-refractivity contribution in [3.05, 3.63) is 59.4 Å². The third kappa shape index (κ3) is 3.71. The van der Waals surface area contributed by atoms with Gasteiger partial charge in [0.2, 0.25) is 0 Å². The quantitative estimate of drug-likeness (QED) is 0.873. The minimum Gasteiger partial charge on any atom is -0.508 e. The number of nitrogens with one attached hydrogen (secondary N) is 1. The fraction of sp³-hybridized carbons (Fsp3) is 0.250. The minimum atomic E-state index is -0.214. The Balaban J connectivity index is 2.01. The Morgan fingerprint density at radius 2 is 1.84 bits per heavy atom. The van der Waals surface area contributed by atoms with Gasteiger partial charge in [-0.15, -0.1) is 0 Å². The number of anilines is 1. The highest BCUT2D eigenvalue weighted by molar-refractivity contribution is 5.51. The van der Waals surface area contributed by atoms with Crippen LogP contribution in [0.15, 0.2) is 42.5 Å². The molecule has 0 heterocycles. The molecule has 1 unspecified atom stereocenters. The van der Waals surface area contributed by atoms with Gasteiger partial charge in [-0.05, 0) is 61.7 Å². The Bertz CT molecular complexity index is 551. The predicted octanol–water partition coefficient (Wildman–Crippen LogP) is 3.88. The highest BCUT2D eigenvalue weighted by atomic mass is 19.1. The van der Waals surface area contributed by atoms with Crippen molar-refractivity contribution in [2.45, 2.75) is 26.3 Å². The van der Waals surface area contributed by atoms with Gasteiger partial charge in [0.05, 0.1) is 0 Å². The van der Waals surface area contributed by atoms with E-state index in [4.69, 9.17) is 0 Å². The van der Waals surface area contributed by atoms with Gasteiger partial charge in [-0.1, -0.05) is 12.1 Å². The van der Waals surface area contributed by atoms with E-state index in [2.05, 4.69) is 12.2 Å². The summed E-state index contributed by atoms with van der Waals surface area (Å²) in [5, 5.41) is 12.6. The lowest BCUT2D eigenvalue weighted by Crippen LogP contribution is -2.18. The molecule has 0 aliphatic rings. The van der Waals surface area contributed by atoms with E-state index in [1.807, 2.05) is 19.1 Å². The number of aryl methyl sites for hydroxylation is 1. The van der Waals surface area contributed by atoms with Gasteiger partial charge in [-0.25, -0.2) is 4.39 Å². The standard InChI is InChI=1S/C16H18FNO/c1-11-9-14(17)5-8-16(11)18-12(2)10-13-3-6-15(19)7-4-13/h3-9,12,18-19H,10H2,1-2H3. The average Bonchev–Trinajstić information content (AvgIpc) is 2.36. The molecule has 19 heavy (non-hydrogen) atoms. The molecule has 2 aromatic carbocycles. The number of hydrogen-bond acceptors (Lipinski definition) is 2. The Hall–Kier alpha value is -2.03. The SMILES string of the molecule is Cc1cc(F)ccc1NC(C)Cc1ccc(O)cc1. The van der Waals surface area contributed by atoms with E-state index in [1.54, 1.807) is 18.2 Å². The van der Waals surface area contributed by atoms with Gasteiger partial charge in [0.15, 0.2) is 0 Å². The van der Waals surface area contributed by atoms with E-state index in [0.717, 1.165) is 23.2 Å². The number of hydrogen-bond donors (Lipinski definition) is 2. The maximum atomic E-state index is 13.0. The van der Waals surface area contributed by atoms with Crippen molar-refractivity contribution in [3.8, 4) is 5.75 Å². The predicted molar refractivity (Wildman–Crippen MR) is 76.0 cm³/mol. The number of phenolic OH excluding ortho intramolecular Hbond substituents is 1. The fourth-order valence-corrected chi connectivity index (χ4v) is 2.09. The van der Waals surface area contributed by atoms with Gasteiger partial charge in [0.25, 0.3) is 0 Å². The van der Waals surface area contributed by atoms with E-state index in [0.29, 0.717) is 0 Å². The van der Waals surface area contributed by atoms with Crippen LogP contribution in [0.1, 0.15) is 18.1 Å². The minimum absolute atomic E-state index is 0.214. The van der Waals surface area contributed by atoms with E-state index < -0.39 is 0 Å². The first-order valence-electron chi connectivity index (χ1n) is 6.35. The molecule has 0 radical (unpaired) electrons. The third-order valence-electron chi connectivity index (χ3n) is 3.07. The van der Waals surface area contributed by atoms with Gasteiger partial charge < -0.3 is 10.4 Å². The van der Waals surface area contributed by atoms with Crippen LogP contribution in [-0.2, 0) is 6.42 Å². The summed E-state index contributed by atoms with van der Waals surface area (Å²) >= 11 is 0. The molecule has 0 saturated heterocycles. The molecule has 0 aromatic heterocycles. The summed E-state index contributed by atoms with van der Waals surface area (Å²) in [6, 6.07) is 12.2. The second-order valence-corrected chi connectivity index (χ2v) is 4.88. The van der Waals surface area contributed by atoms with Crippen LogP contribution >= 0.6 is 0 Å². The molecule has 0 bridgehead atoms. The molecule has 2 nitrogen and oxygen atoms in total. The summed E-state index contributed by atoms with van der Waals surface area (Å²) in [5.74, 6) is 0.0629. The Morgan fingerprint density at radius 1 is 1.16 bits per heavy atom.